The van der Waals surface area contributed by atoms with E-state index in [2.05, 4.69) is 11.5 Å². The summed E-state index contributed by atoms with van der Waals surface area (Å²) in [7, 11) is 0. The molecule has 0 fully saturated rings. The molecule has 4 N–H and O–H groups in total. The molecule has 0 aliphatic carbocycles. The summed E-state index contributed by atoms with van der Waals surface area (Å²) in [4.78, 5) is 17.2. The molecule has 0 rings (SSSR count). The molecule has 4 nitrogen and oxygen atoms in total. The molecule has 0 bridgehead atoms. The Hall–Kier alpha value is -0.480. The van der Waals surface area contributed by atoms with Crippen molar-refractivity contribution in [2.75, 3.05) is 0 Å². The van der Waals surface area contributed by atoms with Crippen LogP contribution in [0.25, 0.3) is 0 Å². The van der Waals surface area contributed by atoms with Crippen LogP contribution >= 0.6 is 24.8 Å². The first-order valence-corrected chi connectivity index (χ1v) is 1.14. The zero-order valence-electron chi connectivity index (χ0n) is 3.94. The molecule has 8 heavy (non-hydrogen) atoms. The van der Waals surface area contributed by atoms with Gasteiger partial charge in [0.2, 0.25) is 12.8 Å². The quantitative estimate of drug-likeness (QED) is 0.451. The Bertz CT molecular complexity index is 37.0. The van der Waals surface area contributed by atoms with E-state index in [1.165, 1.54) is 0 Å². The minimum atomic E-state index is 0. The second kappa shape index (κ2) is 86.0. The third-order valence-corrected chi connectivity index (χ3v) is 0. The highest BCUT2D eigenvalue weighted by atomic mass is 35.5. The van der Waals surface area contributed by atoms with Crippen LogP contribution in [-0.2, 0) is 9.59 Å². The Kier molecular flexibility index (Phi) is 277. The van der Waals surface area contributed by atoms with Crippen molar-refractivity contribution in [1.82, 2.24) is 0 Å². The monoisotopic (exact) mass is 162 g/mol. The summed E-state index contributed by atoms with van der Waals surface area (Å²) in [6, 6.07) is 0. The number of hydrogen-bond acceptors (Lipinski definition) is 2. The van der Waals surface area contributed by atoms with Crippen molar-refractivity contribution in [2.45, 2.75) is 0 Å². The SMILES string of the molecule is Cl.Cl.NC=O.NC=O. The van der Waals surface area contributed by atoms with Crippen LogP contribution in [0.5, 0.6) is 0 Å². The first kappa shape index (κ1) is 25.8. The van der Waals surface area contributed by atoms with Gasteiger partial charge in [-0.05, 0) is 0 Å². The molecule has 0 aromatic carbocycles. The predicted octanol–water partition coefficient (Wildman–Crippen LogP) is -0.953. The van der Waals surface area contributed by atoms with Crippen LogP contribution in [-0.4, -0.2) is 12.8 Å². The molecule has 0 aliphatic heterocycles. The standard InChI is InChI=1S/2CH3NO.2ClH/c2*2-1-3;;/h2*1H,(H2,2,3);2*1H. The fourth-order valence-electron chi connectivity index (χ4n) is 0. The maximum atomic E-state index is 8.58. The van der Waals surface area contributed by atoms with Crippen LogP contribution in [0.2, 0.25) is 0 Å². The fourth-order valence-corrected chi connectivity index (χ4v) is 0. The highest BCUT2D eigenvalue weighted by Crippen LogP contribution is 0.801. The Morgan fingerprint density at radius 1 is 0.875 bits per heavy atom. The van der Waals surface area contributed by atoms with Crippen molar-refractivity contribution in [1.29, 1.82) is 0 Å². The van der Waals surface area contributed by atoms with Crippen LogP contribution in [0.1, 0.15) is 0 Å². The highest BCUT2D eigenvalue weighted by molar-refractivity contribution is 5.85. The van der Waals surface area contributed by atoms with Crippen LogP contribution in [0.15, 0.2) is 0 Å². The normalized spacial score (nSPS) is 3.00. The van der Waals surface area contributed by atoms with Crippen molar-refractivity contribution in [3.63, 3.8) is 0 Å². The van der Waals surface area contributed by atoms with Gasteiger partial charge in [0.15, 0.2) is 0 Å². The van der Waals surface area contributed by atoms with E-state index in [1.54, 1.807) is 0 Å². The van der Waals surface area contributed by atoms with Crippen LogP contribution in [0.3, 0.4) is 0 Å². The lowest BCUT2D eigenvalue weighted by Gasteiger charge is -1.32. The zero-order chi connectivity index (χ0) is 5.41. The highest BCUT2D eigenvalue weighted by Gasteiger charge is 1.19. The maximum Gasteiger partial charge on any atom is 0.204 e. The molecule has 0 saturated heterocycles. The lowest BCUT2D eigenvalue weighted by atomic mass is 11.5. The van der Waals surface area contributed by atoms with Gasteiger partial charge in [0.1, 0.15) is 0 Å². The van der Waals surface area contributed by atoms with Gasteiger partial charge in [-0.15, -0.1) is 24.8 Å². The van der Waals surface area contributed by atoms with Crippen LogP contribution in [0, 0.1) is 0 Å². The van der Waals surface area contributed by atoms with Gasteiger partial charge in [-0.3, -0.25) is 9.59 Å². The Morgan fingerprint density at radius 2 is 0.875 bits per heavy atom. The largest absolute Gasteiger partial charge is 0.372 e. The molecular formula is C2H8Cl2N2O2. The molecule has 2 amide bonds. The van der Waals surface area contributed by atoms with E-state index in [1.807, 2.05) is 0 Å². The summed E-state index contributed by atoms with van der Waals surface area (Å²) < 4.78 is 0. The number of nitrogens with two attached hydrogens (primary N) is 2. The van der Waals surface area contributed by atoms with Gasteiger partial charge in [-0.25, -0.2) is 0 Å². The average Bonchev–Trinajstić information content (AvgIpc) is 1.39. The van der Waals surface area contributed by atoms with Crippen molar-refractivity contribution in [2.24, 2.45) is 11.5 Å². The number of carbonyl (C=O) groups excluding carboxylic acids is 2. The van der Waals surface area contributed by atoms with E-state index in [9.17, 15) is 0 Å². The first-order valence-electron chi connectivity index (χ1n) is 1.14. The average molecular weight is 163 g/mol. The topological polar surface area (TPSA) is 86.2 Å². The van der Waals surface area contributed by atoms with E-state index in [-0.39, 0.29) is 37.6 Å². The van der Waals surface area contributed by atoms with E-state index < -0.39 is 0 Å². The van der Waals surface area contributed by atoms with Gasteiger partial charge in [0.25, 0.3) is 0 Å². The summed E-state index contributed by atoms with van der Waals surface area (Å²) in [5, 5.41) is 0. The first-order chi connectivity index (χ1) is 2.83. The summed E-state index contributed by atoms with van der Waals surface area (Å²) in [6.07, 6.45) is 0.500. The van der Waals surface area contributed by atoms with Crippen molar-refractivity contribution < 1.29 is 9.59 Å². The molecular weight excluding hydrogens is 155 g/mol. The van der Waals surface area contributed by atoms with Gasteiger partial charge in [-0.2, -0.15) is 0 Å². The minimum Gasteiger partial charge on any atom is -0.372 e. The number of hydrogen-bond donors (Lipinski definition) is 2. The molecule has 0 radical (unpaired) electrons. The fraction of sp³-hybridized carbons (Fsp3) is 0. The number of carbonyl (C=O) groups is 2. The smallest absolute Gasteiger partial charge is 0.204 e. The lowest BCUT2D eigenvalue weighted by Crippen LogP contribution is -1.82. The second-order valence-corrected chi connectivity index (χ2v) is 0.272. The van der Waals surface area contributed by atoms with E-state index >= 15 is 0 Å². The molecule has 0 spiro atoms. The minimum absolute atomic E-state index is 0. The molecule has 0 aromatic rings. The van der Waals surface area contributed by atoms with Gasteiger partial charge in [-0.1, -0.05) is 0 Å². The molecule has 0 aromatic heterocycles. The molecule has 0 aliphatic rings. The van der Waals surface area contributed by atoms with Crippen molar-refractivity contribution in [3.05, 3.63) is 0 Å². The molecule has 52 valence electrons. The number of halogens is 2. The Balaban J connectivity index is -0.0000000160. The van der Waals surface area contributed by atoms with E-state index in [4.69, 9.17) is 9.59 Å². The predicted molar refractivity (Wildman–Crippen MR) is 35.0 cm³/mol. The zero-order valence-corrected chi connectivity index (χ0v) is 5.58. The van der Waals surface area contributed by atoms with Crippen LogP contribution < -0.4 is 11.5 Å². The summed E-state index contributed by atoms with van der Waals surface area (Å²) >= 11 is 0. The molecule has 0 unspecified atom stereocenters. The molecule has 0 atom stereocenters. The number of amides is 2. The Morgan fingerprint density at radius 3 is 0.875 bits per heavy atom. The molecule has 0 heterocycles. The van der Waals surface area contributed by atoms with Gasteiger partial charge in [0.05, 0.1) is 0 Å². The van der Waals surface area contributed by atoms with Gasteiger partial charge in [0, 0.05) is 0 Å². The number of rotatable bonds is 0. The maximum absolute atomic E-state index is 8.58. The molecule has 0 saturated carbocycles. The summed E-state index contributed by atoms with van der Waals surface area (Å²) in [6.45, 7) is 0. The van der Waals surface area contributed by atoms with Gasteiger partial charge < -0.3 is 11.5 Å². The number of primary amides is 2. The lowest BCUT2D eigenvalue weighted by molar-refractivity contribution is -0.107. The van der Waals surface area contributed by atoms with E-state index in [0.29, 0.717) is 0 Å². The third-order valence-electron chi connectivity index (χ3n) is 0. The summed E-state index contributed by atoms with van der Waals surface area (Å²) in [5.74, 6) is 0. The van der Waals surface area contributed by atoms with Crippen molar-refractivity contribution in [3.8, 4) is 0 Å². The summed E-state index contributed by atoms with van der Waals surface area (Å²) in [5.41, 5.74) is 8.33. The Labute approximate surface area is 59.4 Å². The van der Waals surface area contributed by atoms with Gasteiger partial charge >= 0.3 is 0 Å². The van der Waals surface area contributed by atoms with Crippen molar-refractivity contribution >= 4 is 37.6 Å². The van der Waals surface area contributed by atoms with E-state index in [0.717, 1.165) is 0 Å². The third kappa shape index (κ3) is 489. The second-order valence-electron chi connectivity index (χ2n) is 0.272. The molecule has 6 heteroatoms. The van der Waals surface area contributed by atoms with Crippen LogP contribution in [0.4, 0.5) is 0 Å².